The number of anilines is 2. The lowest BCUT2D eigenvalue weighted by Crippen LogP contribution is -2.16. The van der Waals surface area contributed by atoms with Gasteiger partial charge in [-0.15, -0.1) is 0 Å². The Labute approximate surface area is 185 Å². The predicted octanol–water partition coefficient (Wildman–Crippen LogP) is 0.732. The lowest BCUT2D eigenvalue weighted by molar-refractivity contribution is -0.394. The molecule has 0 unspecified atom stereocenters. The van der Waals surface area contributed by atoms with E-state index in [1.807, 2.05) is 0 Å². The van der Waals surface area contributed by atoms with E-state index in [0.29, 0.717) is 5.69 Å². The third-order valence-corrected chi connectivity index (χ3v) is 5.41. The van der Waals surface area contributed by atoms with Crippen molar-refractivity contribution in [2.45, 2.75) is 11.6 Å². The van der Waals surface area contributed by atoms with Gasteiger partial charge in [-0.1, -0.05) is 4.98 Å². The number of nitro groups is 1. The number of sulfonamides is 1. The number of amides is 1. The summed E-state index contributed by atoms with van der Waals surface area (Å²) >= 11 is 0. The number of hydrogen-bond donors (Lipinski definition) is 2. The summed E-state index contributed by atoms with van der Waals surface area (Å²) in [4.78, 5) is 33.5. The highest BCUT2D eigenvalue weighted by Gasteiger charge is 2.17. The Morgan fingerprint density at radius 1 is 1.03 bits per heavy atom. The van der Waals surface area contributed by atoms with E-state index in [-0.39, 0.29) is 23.2 Å². The molecule has 0 saturated carbocycles. The smallest absolute Gasteiger partial charge is 0.390 e. The maximum atomic E-state index is 12.4. The van der Waals surface area contributed by atoms with Crippen molar-refractivity contribution in [3.63, 3.8) is 0 Å². The summed E-state index contributed by atoms with van der Waals surface area (Å²) in [6, 6.07) is 8.48. The normalized spacial score (nSPS) is 11.2. The number of rotatable bonds is 8. The Balaban J connectivity index is 1.39. The Hall–Kier alpha value is -4.73. The van der Waals surface area contributed by atoms with Gasteiger partial charge >= 0.3 is 5.95 Å². The molecule has 0 aliphatic heterocycles. The second kappa shape index (κ2) is 8.79. The summed E-state index contributed by atoms with van der Waals surface area (Å²) in [5.41, 5.74) is 0.417. The van der Waals surface area contributed by atoms with Gasteiger partial charge in [-0.25, -0.2) is 27.8 Å². The molecule has 0 spiro atoms. The molecule has 0 radical (unpaired) electrons. The van der Waals surface area contributed by atoms with Crippen LogP contribution in [0.4, 0.5) is 17.6 Å². The zero-order valence-electron chi connectivity index (χ0n) is 16.5. The van der Waals surface area contributed by atoms with E-state index in [9.17, 15) is 23.3 Å². The first-order valence-electron chi connectivity index (χ1n) is 9.09. The van der Waals surface area contributed by atoms with Gasteiger partial charge in [0.05, 0.1) is 4.90 Å². The first-order chi connectivity index (χ1) is 15.8. The number of carbonyl (C=O) groups excluding carboxylic acids is 1. The van der Waals surface area contributed by atoms with Crippen LogP contribution >= 0.6 is 0 Å². The lowest BCUT2D eigenvalue weighted by atomic mass is 10.3. The minimum atomic E-state index is -3.90. The Morgan fingerprint density at radius 2 is 1.76 bits per heavy atom. The van der Waals surface area contributed by atoms with Gasteiger partial charge in [0.2, 0.25) is 12.3 Å². The summed E-state index contributed by atoms with van der Waals surface area (Å²) in [6.45, 7) is 0.0127. The van der Waals surface area contributed by atoms with E-state index < -0.39 is 26.8 Å². The highest BCUT2D eigenvalue weighted by atomic mass is 32.2. The summed E-state index contributed by atoms with van der Waals surface area (Å²) in [7, 11) is -3.90. The van der Waals surface area contributed by atoms with Gasteiger partial charge in [0.25, 0.3) is 15.9 Å². The highest BCUT2D eigenvalue weighted by Crippen LogP contribution is 2.17. The van der Waals surface area contributed by atoms with Crippen molar-refractivity contribution < 1.29 is 18.1 Å². The number of hydrogen-bond acceptors (Lipinski definition) is 10. The molecule has 1 aromatic carbocycles. The minimum Gasteiger partial charge on any atom is -0.390 e. The summed E-state index contributed by atoms with van der Waals surface area (Å²) in [6.07, 6.45) is 5.48. The molecule has 15 nitrogen and oxygen atoms in total. The van der Waals surface area contributed by atoms with Crippen molar-refractivity contribution in [3.05, 3.63) is 77.1 Å². The van der Waals surface area contributed by atoms with E-state index in [1.165, 1.54) is 64.6 Å². The fourth-order valence-electron chi connectivity index (χ4n) is 2.59. The topological polar surface area (TPSA) is 193 Å². The standard InChI is InChI=1S/C17H14N10O5S/c28-15(14-6-9-25(22-14)11-26-10-20-17(23-26)27(29)30)21-12-2-4-13(5-3-12)33(31,32)24-16-18-7-1-8-19-16/h1-10H,11H2,(H,21,28)(H,18,19,24). The molecule has 168 valence electrons. The molecule has 1 amide bonds. The first-order valence-corrected chi connectivity index (χ1v) is 10.6. The van der Waals surface area contributed by atoms with Gasteiger partial charge in [-0.3, -0.25) is 4.79 Å². The highest BCUT2D eigenvalue weighted by molar-refractivity contribution is 7.92. The van der Waals surface area contributed by atoms with Crippen molar-refractivity contribution in [2.75, 3.05) is 10.0 Å². The van der Waals surface area contributed by atoms with Gasteiger partial charge in [-0.05, 0) is 41.3 Å². The molecule has 16 heteroatoms. The maximum Gasteiger partial charge on any atom is 0.491 e. The van der Waals surface area contributed by atoms with Crippen LogP contribution in [0.25, 0.3) is 0 Å². The molecule has 0 atom stereocenters. The zero-order chi connectivity index (χ0) is 23.4. The number of nitrogens with zero attached hydrogens (tertiary/aromatic N) is 8. The van der Waals surface area contributed by atoms with E-state index in [0.717, 1.165) is 0 Å². The van der Waals surface area contributed by atoms with Crippen LogP contribution < -0.4 is 10.0 Å². The second-order valence-electron chi connectivity index (χ2n) is 6.38. The fourth-order valence-corrected chi connectivity index (χ4v) is 3.55. The third-order valence-electron chi connectivity index (χ3n) is 4.06. The Bertz CT molecular complexity index is 1400. The van der Waals surface area contributed by atoms with Crippen molar-refractivity contribution in [3.8, 4) is 0 Å². The van der Waals surface area contributed by atoms with Crippen molar-refractivity contribution in [2.24, 2.45) is 0 Å². The number of carbonyl (C=O) groups is 1. The van der Waals surface area contributed by atoms with Crippen LogP contribution in [0, 0.1) is 10.1 Å². The molecule has 2 N–H and O–H groups in total. The second-order valence-corrected chi connectivity index (χ2v) is 8.06. The monoisotopic (exact) mass is 470 g/mol. The quantitative estimate of drug-likeness (QED) is 0.274. The lowest BCUT2D eigenvalue weighted by Gasteiger charge is -2.08. The number of benzene rings is 1. The van der Waals surface area contributed by atoms with E-state index in [2.05, 4.69) is 35.2 Å². The van der Waals surface area contributed by atoms with E-state index >= 15 is 0 Å². The molecule has 4 rings (SSSR count). The number of nitrogens with one attached hydrogen (secondary N) is 2. The molecule has 0 aliphatic rings. The van der Waals surface area contributed by atoms with Gasteiger partial charge < -0.3 is 15.4 Å². The van der Waals surface area contributed by atoms with E-state index in [4.69, 9.17) is 0 Å². The van der Waals surface area contributed by atoms with Crippen LogP contribution in [-0.2, 0) is 16.7 Å². The van der Waals surface area contributed by atoms with Crippen LogP contribution in [0.5, 0.6) is 0 Å². The van der Waals surface area contributed by atoms with Crippen molar-refractivity contribution in [1.82, 2.24) is 34.5 Å². The molecule has 3 aromatic heterocycles. The minimum absolute atomic E-state index is 0.0127. The van der Waals surface area contributed by atoms with Gasteiger partial charge in [0.1, 0.15) is 0 Å². The average Bonchev–Trinajstić information content (AvgIpc) is 3.45. The van der Waals surface area contributed by atoms with Gasteiger partial charge in [0, 0.05) is 29.4 Å². The number of aromatic nitrogens is 7. The summed E-state index contributed by atoms with van der Waals surface area (Å²) in [5.74, 6) is -1.15. The van der Waals surface area contributed by atoms with Crippen LogP contribution in [0.15, 0.2) is 66.2 Å². The zero-order valence-corrected chi connectivity index (χ0v) is 17.3. The molecule has 0 bridgehead atoms. The summed E-state index contributed by atoms with van der Waals surface area (Å²) in [5, 5.41) is 21.0. The van der Waals surface area contributed by atoms with Crippen LogP contribution in [0.3, 0.4) is 0 Å². The van der Waals surface area contributed by atoms with Crippen molar-refractivity contribution >= 4 is 33.5 Å². The largest absolute Gasteiger partial charge is 0.491 e. The molecule has 3 heterocycles. The van der Waals surface area contributed by atoms with Crippen LogP contribution in [0.1, 0.15) is 10.5 Å². The van der Waals surface area contributed by atoms with Gasteiger partial charge in [-0.2, -0.15) is 9.78 Å². The Kier molecular flexibility index (Phi) is 5.73. The predicted molar refractivity (Wildman–Crippen MR) is 112 cm³/mol. The van der Waals surface area contributed by atoms with Gasteiger partial charge in [0.15, 0.2) is 12.4 Å². The van der Waals surface area contributed by atoms with Crippen molar-refractivity contribution in [1.29, 1.82) is 0 Å². The van der Waals surface area contributed by atoms with E-state index in [1.54, 1.807) is 6.07 Å². The molecular formula is C17H14N10O5S. The van der Waals surface area contributed by atoms with Crippen LogP contribution in [0.2, 0.25) is 0 Å². The maximum absolute atomic E-state index is 12.4. The molecular weight excluding hydrogens is 456 g/mol. The SMILES string of the molecule is O=C(Nc1ccc(S(=O)(=O)Nc2ncccn2)cc1)c1ccn(Cn2cnc([N+](=O)[O-])n2)n1. The molecule has 0 aliphatic carbocycles. The first kappa shape index (κ1) is 21.5. The average molecular weight is 470 g/mol. The Morgan fingerprint density at radius 3 is 2.42 bits per heavy atom. The van der Waals surface area contributed by atoms with Crippen LogP contribution in [-0.4, -0.2) is 53.8 Å². The summed E-state index contributed by atoms with van der Waals surface area (Å²) < 4.78 is 29.6. The molecule has 0 fully saturated rings. The molecule has 0 saturated heterocycles. The fraction of sp³-hybridized carbons (Fsp3) is 0.0588. The molecule has 4 aromatic rings. The third kappa shape index (κ3) is 5.13. The molecule has 33 heavy (non-hydrogen) atoms.